The molecule has 4 heteroatoms. The van der Waals surface area contributed by atoms with Gasteiger partial charge in [0.15, 0.2) is 0 Å². The molecule has 0 bridgehead atoms. The number of aryl methyl sites for hydroxylation is 1. The Hall–Kier alpha value is -1.81. The summed E-state index contributed by atoms with van der Waals surface area (Å²) in [4.78, 5) is 4.25. The predicted molar refractivity (Wildman–Crippen MR) is 74.2 cm³/mol. The Labute approximate surface area is 113 Å². The molecule has 1 aromatic heterocycles. The lowest BCUT2D eigenvalue weighted by atomic mass is 10.1. The third-order valence-corrected chi connectivity index (χ3v) is 3.06. The molecule has 0 amide bonds. The van der Waals surface area contributed by atoms with E-state index in [1.165, 1.54) is 0 Å². The van der Waals surface area contributed by atoms with Crippen molar-refractivity contribution < 1.29 is 9.84 Å². The lowest BCUT2D eigenvalue weighted by Gasteiger charge is -2.14. The van der Waals surface area contributed by atoms with Crippen molar-refractivity contribution in [1.29, 1.82) is 0 Å². The summed E-state index contributed by atoms with van der Waals surface area (Å²) in [7, 11) is 0. The Kier molecular flexibility index (Phi) is 4.58. The van der Waals surface area contributed by atoms with E-state index in [9.17, 15) is 5.11 Å². The second-order valence-electron chi connectivity index (χ2n) is 4.37. The van der Waals surface area contributed by atoms with Gasteiger partial charge in [0.2, 0.25) is 0 Å². The zero-order valence-corrected chi connectivity index (χ0v) is 11.4. The van der Waals surface area contributed by atoms with Crippen LogP contribution in [0, 0.1) is 0 Å². The number of aromatic nitrogens is 2. The quantitative estimate of drug-likeness (QED) is 0.868. The van der Waals surface area contributed by atoms with Crippen LogP contribution < -0.4 is 4.74 Å². The molecule has 1 aromatic carbocycles. The maximum atomic E-state index is 10.2. The summed E-state index contributed by atoms with van der Waals surface area (Å²) in [5, 5.41) is 10.2. The van der Waals surface area contributed by atoms with E-state index in [1.54, 1.807) is 6.20 Å². The van der Waals surface area contributed by atoms with Gasteiger partial charge in [0.25, 0.3) is 0 Å². The van der Waals surface area contributed by atoms with Gasteiger partial charge in [-0.3, -0.25) is 0 Å². The van der Waals surface area contributed by atoms with Gasteiger partial charge in [-0.2, -0.15) is 0 Å². The first-order valence-corrected chi connectivity index (χ1v) is 6.65. The molecule has 0 spiro atoms. The molecule has 0 aliphatic carbocycles. The number of ether oxygens (including phenoxy) is 1. The summed E-state index contributed by atoms with van der Waals surface area (Å²) in [6, 6.07) is 7.57. The van der Waals surface area contributed by atoms with E-state index in [-0.39, 0.29) is 0 Å². The Balaban J connectivity index is 2.05. The average Bonchev–Trinajstić information content (AvgIpc) is 2.87. The van der Waals surface area contributed by atoms with Gasteiger partial charge in [-0.25, -0.2) is 4.98 Å². The third-order valence-electron chi connectivity index (χ3n) is 3.06. The summed E-state index contributed by atoms with van der Waals surface area (Å²) in [5.74, 6) is 1.82. The average molecular weight is 260 g/mol. The molecule has 0 aliphatic heterocycles. The molecular formula is C15H20N2O2. The van der Waals surface area contributed by atoms with E-state index in [2.05, 4.69) is 11.9 Å². The molecule has 19 heavy (non-hydrogen) atoms. The zero-order chi connectivity index (χ0) is 13.7. The smallest absolute Gasteiger partial charge is 0.119 e. The zero-order valence-electron chi connectivity index (χ0n) is 11.4. The number of hydrogen-bond donors (Lipinski definition) is 1. The second kappa shape index (κ2) is 6.38. The maximum absolute atomic E-state index is 10.2. The van der Waals surface area contributed by atoms with Crippen LogP contribution in [0.15, 0.2) is 36.7 Å². The van der Waals surface area contributed by atoms with Crippen molar-refractivity contribution >= 4 is 0 Å². The standard InChI is InChI=1S/C15H20N2O2/c1-3-15-16-9-10-17(15)11-14(18)12-5-7-13(8-6-12)19-4-2/h5-10,14,18H,3-4,11H2,1-2H3. The highest BCUT2D eigenvalue weighted by Gasteiger charge is 2.10. The van der Waals surface area contributed by atoms with Crippen molar-refractivity contribution in [3.63, 3.8) is 0 Å². The highest BCUT2D eigenvalue weighted by atomic mass is 16.5. The Morgan fingerprint density at radius 3 is 2.63 bits per heavy atom. The lowest BCUT2D eigenvalue weighted by molar-refractivity contribution is 0.155. The van der Waals surface area contributed by atoms with Gasteiger partial charge in [0, 0.05) is 18.8 Å². The minimum atomic E-state index is -0.532. The number of aliphatic hydroxyl groups excluding tert-OH is 1. The normalized spacial score (nSPS) is 12.4. The lowest BCUT2D eigenvalue weighted by Crippen LogP contribution is -2.10. The first kappa shape index (κ1) is 13.6. The van der Waals surface area contributed by atoms with Gasteiger partial charge in [-0.1, -0.05) is 19.1 Å². The summed E-state index contributed by atoms with van der Waals surface area (Å²) in [5.41, 5.74) is 0.888. The fourth-order valence-corrected chi connectivity index (χ4v) is 2.07. The number of rotatable bonds is 6. The Morgan fingerprint density at radius 1 is 1.26 bits per heavy atom. The van der Waals surface area contributed by atoms with E-state index in [0.717, 1.165) is 23.6 Å². The molecule has 0 fully saturated rings. The molecule has 1 atom stereocenters. The summed E-state index contributed by atoms with van der Waals surface area (Å²) in [6.45, 7) is 5.18. The molecule has 0 aliphatic rings. The summed E-state index contributed by atoms with van der Waals surface area (Å²) in [6.07, 6.45) is 4.00. The SMILES string of the molecule is CCOc1ccc(C(O)Cn2ccnc2CC)cc1. The third kappa shape index (κ3) is 3.35. The highest BCUT2D eigenvalue weighted by molar-refractivity contribution is 5.28. The van der Waals surface area contributed by atoms with Crippen LogP contribution >= 0.6 is 0 Å². The fraction of sp³-hybridized carbons (Fsp3) is 0.400. The van der Waals surface area contributed by atoms with Crippen LogP contribution in [0.2, 0.25) is 0 Å². The van der Waals surface area contributed by atoms with Crippen LogP contribution in [-0.4, -0.2) is 21.3 Å². The van der Waals surface area contributed by atoms with E-state index >= 15 is 0 Å². The first-order valence-electron chi connectivity index (χ1n) is 6.65. The van der Waals surface area contributed by atoms with E-state index < -0.39 is 6.10 Å². The largest absolute Gasteiger partial charge is 0.494 e. The minimum Gasteiger partial charge on any atom is -0.494 e. The van der Waals surface area contributed by atoms with Crippen LogP contribution in [0.5, 0.6) is 5.75 Å². The van der Waals surface area contributed by atoms with Crippen molar-refractivity contribution in [2.75, 3.05) is 6.61 Å². The molecule has 1 N–H and O–H groups in total. The van der Waals surface area contributed by atoms with Crippen molar-refractivity contribution in [1.82, 2.24) is 9.55 Å². The van der Waals surface area contributed by atoms with Gasteiger partial charge in [0.05, 0.1) is 19.3 Å². The highest BCUT2D eigenvalue weighted by Crippen LogP contribution is 2.19. The minimum absolute atomic E-state index is 0.525. The maximum Gasteiger partial charge on any atom is 0.119 e. The van der Waals surface area contributed by atoms with Crippen LogP contribution in [0.25, 0.3) is 0 Å². The van der Waals surface area contributed by atoms with Gasteiger partial charge >= 0.3 is 0 Å². The number of nitrogens with zero attached hydrogens (tertiary/aromatic N) is 2. The number of imidazole rings is 1. The van der Waals surface area contributed by atoms with Crippen molar-refractivity contribution in [2.24, 2.45) is 0 Å². The molecule has 1 heterocycles. The van der Waals surface area contributed by atoms with E-state index in [4.69, 9.17) is 4.74 Å². The topological polar surface area (TPSA) is 47.3 Å². The number of aliphatic hydroxyl groups is 1. The van der Waals surface area contributed by atoms with Crippen molar-refractivity contribution in [3.05, 3.63) is 48.0 Å². The van der Waals surface area contributed by atoms with E-state index in [0.29, 0.717) is 13.2 Å². The monoisotopic (exact) mass is 260 g/mol. The molecule has 0 saturated carbocycles. The van der Waals surface area contributed by atoms with Gasteiger partial charge in [-0.05, 0) is 24.6 Å². The van der Waals surface area contributed by atoms with E-state index in [1.807, 2.05) is 42.0 Å². The van der Waals surface area contributed by atoms with Crippen LogP contribution in [0.1, 0.15) is 31.3 Å². The molecule has 1 unspecified atom stereocenters. The first-order chi connectivity index (χ1) is 9.24. The molecule has 0 saturated heterocycles. The number of hydrogen-bond acceptors (Lipinski definition) is 3. The molecule has 4 nitrogen and oxygen atoms in total. The number of benzene rings is 1. The molecular weight excluding hydrogens is 240 g/mol. The molecule has 2 aromatic rings. The predicted octanol–water partition coefficient (Wildman–Crippen LogP) is 2.58. The molecule has 102 valence electrons. The molecule has 2 rings (SSSR count). The van der Waals surface area contributed by atoms with Gasteiger partial charge in [0.1, 0.15) is 11.6 Å². The van der Waals surface area contributed by atoms with Crippen molar-refractivity contribution in [3.8, 4) is 5.75 Å². The van der Waals surface area contributed by atoms with Crippen molar-refractivity contribution in [2.45, 2.75) is 32.9 Å². The molecule has 0 radical (unpaired) electrons. The fourth-order valence-electron chi connectivity index (χ4n) is 2.07. The second-order valence-corrected chi connectivity index (χ2v) is 4.37. The van der Waals surface area contributed by atoms with Crippen LogP contribution in [0.3, 0.4) is 0 Å². The van der Waals surface area contributed by atoms with Gasteiger partial charge in [-0.15, -0.1) is 0 Å². The Morgan fingerprint density at radius 2 is 2.00 bits per heavy atom. The summed E-state index contributed by atoms with van der Waals surface area (Å²) < 4.78 is 7.37. The van der Waals surface area contributed by atoms with Crippen LogP contribution in [0.4, 0.5) is 0 Å². The Bertz CT molecular complexity index is 505. The van der Waals surface area contributed by atoms with Crippen LogP contribution in [-0.2, 0) is 13.0 Å². The summed E-state index contributed by atoms with van der Waals surface area (Å²) >= 11 is 0. The van der Waals surface area contributed by atoms with Gasteiger partial charge < -0.3 is 14.4 Å².